The lowest BCUT2D eigenvalue weighted by molar-refractivity contribution is 0.0783. The second-order valence-corrected chi connectivity index (χ2v) is 4.51. The number of fused-ring (bicyclic) bond motifs is 1. The second-order valence-electron chi connectivity index (χ2n) is 4.51. The van der Waals surface area contributed by atoms with Crippen molar-refractivity contribution in [3.63, 3.8) is 0 Å². The first kappa shape index (κ1) is 11.9. The largest absolute Gasteiger partial charge is 0.421 e. The number of rotatable bonds is 3. The molecule has 1 aromatic carbocycles. The van der Waals surface area contributed by atoms with E-state index in [1.165, 1.54) is 0 Å². The highest BCUT2D eigenvalue weighted by Crippen LogP contribution is 2.27. The van der Waals surface area contributed by atoms with Crippen molar-refractivity contribution < 1.29 is 9.21 Å². The number of amides is 1. The number of nitrogens with two attached hydrogens (primary N) is 1. The molecule has 6 heteroatoms. The molecule has 98 valence electrons. The molecule has 0 unspecified atom stereocenters. The third-order valence-corrected chi connectivity index (χ3v) is 3.16. The van der Waals surface area contributed by atoms with Gasteiger partial charge in [-0.05, 0) is 17.7 Å². The van der Waals surface area contributed by atoms with Crippen molar-refractivity contribution in [3.8, 4) is 11.5 Å². The summed E-state index contributed by atoms with van der Waals surface area (Å²) in [5.74, 6) is 0.954. The number of carbonyl (C=O) groups excluding carboxylic acids is 1. The maximum atomic E-state index is 12.2. The third-order valence-electron chi connectivity index (χ3n) is 3.16. The third kappa shape index (κ3) is 2.00. The normalized spacial score (nSPS) is 14.0. The van der Waals surface area contributed by atoms with E-state index >= 15 is 0 Å². The number of nitrogens with zero attached hydrogens (tertiary/aromatic N) is 3. The first-order valence-corrected chi connectivity index (χ1v) is 6.12. The van der Waals surface area contributed by atoms with E-state index in [1.54, 1.807) is 17.9 Å². The maximum Gasteiger partial charge on any atom is 0.254 e. The molecule has 0 saturated carbocycles. The van der Waals surface area contributed by atoms with Crippen LogP contribution in [-0.2, 0) is 6.54 Å². The Labute approximate surface area is 110 Å². The maximum absolute atomic E-state index is 12.2. The summed E-state index contributed by atoms with van der Waals surface area (Å²) in [4.78, 5) is 13.9. The molecule has 0 aliphatic carbocycles. The molecule has 1 aliphatic rings. The second kappa shape index (κ2) is 4.47. The van der Waals surface area contributed by atoms with Gasteiger partial charge < -0.3 is 15.1 Å². The summed E-state index contributed by atoms with van der Waals surface area (Å²) < 4.78 is 5.37. The Kier molecular flexibility index (Phi) is 2.79. The zero-order valence-electron chi connectivity index (χ0n) is 10.6. The highest BCUT2D eigenvalue weighted by Gasteiger charge is 2.27. The van der Waals surface area contributed by atoms with Crippen molar-refractivity contribution in [2.45, 2.75) is 13.5 Å². The van der Waals surface area contributed by atoms with Gasteiger partial charge in [-0.1, -0.05) is 6.07 Å². The van der Waals surface area contributed by atoms with E-state index in [-0.39, 0.29) is 5.91 Å². The summed E-state index contributed by atoms with van der Waals surface area (Å²) in [5, 5.41) is 7.75. The number of aromatic nitrogens is 2. The van der Waals surface area contributed by atoms with Crippen molar-refractivity contribution in [2.75, 3.05) is 13.1 Å². The Hall–Kier alpha value is -2.21. The molecule has 2 N–H and O–H groups in total. The molecule has 1 aliphatic heterocycles. The Morgan fingerprint density at radius 2 is 2.26 bits per heavy atom. The van der Waals surface area contributed by atoms with Gasteiger partial charge in [0.2, 0.25) is 11.8 Å². The SMILES string of the molecule is Cc1nnc(-c2ccc3c(c2)C(=O)N(CCN)C3)o1. The quantitative estimate of drug-likeness (QED) is 0.886. The summed E-state index contributed by atoms with van der Waals surface area (Å²) in [6.07, 6.45) is 0. The van der Waals surface area contributed by atoms with Crippen LogP contribution in [0.2, 0.25) is 0 Å². The molecular weight excluding hydrogens is 244 g/mol. The Morgan fingerprint density at radius 3 is 2.95 bits per heavy atom. The van der Waals surface area contributed by atoms with Crippen LogP contribution < -0.4 is 5.73 Å². The van der Waals surface area contributed by atoms with Crippen molar-refractivity contribution in [3.05, 3.63) is 35.2 Å². The lowest BCUT2D eigenvalue weighted by Crippen LogP contribution is -2.29. The minimum atomic E-state index is 0.0125. The fourth-order valence-corrected chi connectivity index (χ4v) is 2.24. The van der Waals surface area contributed by atoms with Gasteiger partial charge in [-0.25, -0.2) is 0 Å². The first-order chi connectivity index (χ1) is 9.19. The molecule has 0 radical (unpaired) electrons. The molecule has 2 aromatic rings. The van der Waals surface area contributed by atoms with Gasteiger partial charge in [0.05, 0.1) is 0 Å². The van der Waals surface area contributed by atoms with Crippen LogP contribution in [0, 0.1) is 6.92 Å². The monoisotopic (exact) mass is 258 g/mol. The van der Waals surface area contributed by atoms with Crippen LogP contribution in [0.4, 0.5) is 0 Å². The van der Waals surface area contributed by atoms with E-state index in [2.05, 4.69) is 10.2 Å². The average Bonchev–Trinajstić information content (AvgIpc) is 2.96. The molecule has 0 bridgehead atoms. The van der Waals surface area contributed by atoms with E-state index in [9.17, 15) is 4.79 Å². The van der Waals surface area contributed by atoms with E-state index in [0.29, 0.717) is 37.0 Å². The van der Waals surface area contributed by atoms with Gasteiger partial charge >= 0.3 is 0 Å². The highest BCUT2D eigenvalue weighted by atomic mass is 16.4. The van der Waals surface area contributed by atoms with E-state index in [4.69, 9.17) is 10.2 Å². The topological polar surface area (TPSA) is 85.2 Å². The van der Waals surface area contributed by atoms with Crippen molar-refractivity contribution in [1.82, 2.24) is 15.1 Å². The lowest BCUT2D eigenvalue weighted by atomic mass is 10.1. The van der Waals surface area contributed by atoms with Crippen molar-refractivity contribution in [1.29, 1.82) is 0 Å². The molecule has 0 spiro atoms. The molecule has 0 saturated heterocycles. The number of hydrogen-bond donors (Lipinski definition) is 1. The molecule has 0 fully saturated rings. The highest BCUT2D eigenvalue weighted by molar-refractivity contribution is 5.99. The van der Waals surface area contributed by atoms with Gasteiger partial charge in [-0.2, -0.15) is 0 Å². The summed E-state index contributed by atoms with van der Waals surface area (Å²) in [6.45, 7) is 3.39. The zero-order valence-corrected chi connectivity index (χ0v) is 10.6. The van der Waals surface area contributed by atoms with Crippen LogP contribution in [0.3, 0.4) is 0 Å². The Morgan fingerprint density at radius 1 is 1.42 bits per heavy atom. The van der Waals surface area contributed by atoms with Crippen LogP contribution in [0.5, 0.6) is 0 Å². The number of aryl methyl sites for hydroxylation is 1. The number of hydrogen-bond acceptors (Lipinski definition) is 5. The molecule has 2 heterocycles. The summed E-state index contributed by atoms with van der Waals surface area (Å²) >= 11 is 0. The fraction of sp³-hybridized carbons (Fsp3) is 0.308. The minimum absolute atomic E-state index is 0.0125. The van der Waals surface area contributed by atoms with Gasteiger partial charge in [-0.3, -0.25) is 4.79 Å². The fourth-order valence-electron chi connectivity index (χ4n) is 2.24. The number of carbonyl (C=O) groups is 1. The average molecular weight is 258 g/mol. The summed E-state index contributed by atoms with van der Waals surface area (Å²) in [7, 11) is 0. The van der Waals surface area contributed by atoms with Crippen molar-refractivity contribution >= 4 is 5.91 Å². The summed E-state index contributed by atoms with van der Waals surface area (Å²) in [6, 6.07) is 5.63. The molecular formula is C13H14N4O2. The number of benzene rings is 1. The predicted molar refractivity (Wildman–Crippen MR) is 68.3 cm³/mol. The van der Waals surface area contributed by atoms with Gasteiger partial charge in [-0.15, -0.1) is 10.2 Å². The zero-order chi connectivity index (χ0) is 13.4. The Balaban J connectivity index is 1.96. The standard InChI is InChI=1S/C13H14N4O2/c1-8-15-16-12(19-8)9-2-3-10-7-17(5-4-14)13(18)11(10)6-9/h2-3,6H,4-5,7,14H2,1H3. The molecule has 1 aromatic heterocycles. The molecule has 1 amide bonds. The van der Waals surface area contributed by atoms with Crippen LogP contribution in [0.25, 0.3) is 11.5 Å². The van der Waals surface area contributed by atoms with Crippen molar-refractivity contribution in [2.24, 2.45) is 5.73 Å². The smallest absolute Gasteiger partial charge is 0.254 e. The van der Waals surface area contributed by atoms with Crippen LogP contribution in [0.15, 0.2) is 22.6 Å². The minimum Gasteiger partial charge on any atom is -0.421 e. The van der Waals surface area contributed by atoms with Crippen LogP contribution >= 0.6 is 0 Å². The predicted octanol–water partition coefficient (Wildman–Crippen LogP) is 0.960. The van der Waals surface area contributed by atoms with E-state index in [0.717, 1.165) is 11.1 Å². The summed E-state index contributed by atoms with van der Waals surface area (Å²) in [5.41, 5.74) is 7.98. The van der Waals surface area contributed by atoms with Crippen LogP contribution in [0.1, 0.15) is 21.8 Å². The molecule has 6 nitrogen and oxygen atoms in total. The van der Waals surface area contributed by atoms with E-state index < -0.39 is 0 Å². The lowest BCUT2D eigenvalue weighted by Gasteiger charge is -2.13. The van der Waals surface area contributed by atoms with E-state index in [1.807, 2.05) is 12.1 Å². The van der Waals surface area contributed by atoms with Gasteiger partial charge in [0.1, 0.15) is 0 Å². The first-order valence-electron chi connectivity index (χ1n) is 6.12. The van der Waals surface area contributed by atoms with Crippen LogP contribution in [-0.4, -0.2) is 34.1 Å². The molecule has 19 heavy (non-hydrogen) atoms. The van der Waals surface area contributed by atoms with Gasteiger partial charge in [0.15, 0.2) is 0 Å². The molecule has 0 atom stereocenters. The molecule has 3 rings (SSSR count). The Bertz CT molecular complexity index is 635. The van der Waals surface area contributed by atoms with Gasteiger partial charge in [0, 0.05) is 37.7 Å². The van der Waals surface area contributed by atoms with Gasteiger partial charge in [0.25, 0.3) is 5.91 Å².